The number of carboxylic acids is 1. The molecule has 1 aromatic heterocycles. The smallest absolute Gasteiger partial charge is 0.328 e. The molecule has 2 N–H and O–H groups in total. The summed E-state index contributed by atoms with van der Waals surface area (Å²) in [7, 11) is 0. The van der Waals surface area contributed by atoms with Crippen LogP contribution in [0, 0.1) is 0 Å². The van der Waals surface area contributed by atoms with Gasteiger partial charge in [-0.15, -0.1) is 11.3 Å². The number of hydrogen-bond acceptors (Lipinski definition) is 4. The van der Waals surface area contributed by atoms with Crippen LogP contribution in [0.15, 0.2) is 41.8 Å². The average molecular weight is 290 g/mol. The molecule has 5 heteroatoms. The molecule has 0 radical (unpaired) electrons. The molecule has 2 rings (SSSR count). The van der Waals surface area contributed by atoms with Crippen LogP contribution in [0.4, 0.5) is 0 Å². The second-order valence-electron chi connectivity index (χ2n) is 4.11. The molecule has 0 aliphatic heterocycles. The van der Waals surface area contributed by atoms with Gasteiger partial charge in [0, 0.05) is 11.0 Å². The van der Waals surface area contributed by atoms with Crippen molar-refractivity contribution in [2.45, 2.75) is 13.2 Å². The minimum atomic E-state index is -0.960. The van der Waals surface area contributed by atoms with Crippen LogP contribution in [-0.4, -0.2) is 16.2 Å². The maximum atomic E-state index is 10.4. The average Bonchev–Trinajstić information content (AvgIpc) is 2.91. The van der Waals surface area contributed by atoms with E-state index in [2.05, 4.69) is 0 Å². The summed E-state index contributed by atoms with van der Waals surface area (Å²) in [5, 5.41) is 19.4. The van der Waals surface area contributed by atoms with Crippen LogP contribution < -0.4 is 4.74 Å². The van der Waals surface area contributed by atoms with Crippen molar-refractivity contribution in [2.24, 2.45) is 0 Å². The van der Waals surface area contributed by atoms with Crippen LogP contribution in [0.25, 0.3) is 6.08 Å². The number of thiophene rings is 1. The number of hydrogen-bond donors (Lipinski definition) is 2. The first-order valence-corrected chi connectivity index (χ1v) is 6.86. The third-order valence-electron chi connectivity index (χ3n) is 2.58. The van der Waals surface area contributed by atoms with Crippen LogP contribution in [0.3, 0.4) is 0 Å². The molecule has 0 spiro atoms. The zero-order valence-corrected chi connectivity index (χ0v) is 11.5. The first-order chi connectivity index (χ1) is 9.67. The van der Waals surface area contributed by atoms with Crippen LogP contribution in [0.1, 0.15) is 16.0 Å². The topological polar surface area (TPSA) is 66.8 Å². The van der Waals surface area contributed by atoms with E-state index in [9.17, 15) is 4.79 Å². The highest BCUT2D eigenvalue weighted by atomic mass is 32.1. The van der Waals surface area contributed by atoms with Crippen molar-refractivity contribution >= 4 is 23.4 Å². The van der Waals surface area contributed by atoms with Crippen molar-refractivity contribution in [1.82, 2.24) is 0 Å². The van der Waals surface area contributed by atoms with E-state index in [-0.39, 0.29) is 6.61 Å². The Labute approximate surface area is 120 Å². The van der Waals surface area contributed by atoms with E-state index in [1.54, 1.807) is 6.08 Å². The molecule has 0 aliphatic carbocycles. The second kappa shape index (κ2) is 6.88. The molecule has 0 bridgehead atoms. The molecule has 0 unspecified atom stereocenters. The van der Waals surface area contributed by atoms with E-state index in [0.29, 0.717) is 6.61 Å². The molecule has 0 atom stereocenters. The number of aliphatic hydroxyl groups excluding tert-OH is 1. The van der Waals surface area contributed by atoms with E-state index in [4.69, 9.17) is 14.9 Å². The summed E-state index contributed by atoms with van der Waals surface area (Å²) in [5.41, 5.74) is 1.70. The lowest BCUT2D eigenvalue weighted by Gasteiger charge is -2.04. The standard InChI is InChI=1S/C15H14O4S/c16-8-11-1-4-13(5-2-11)19-9-14-7-12(10-20-14)3-6-15(17)18/h1-7,10,16H,8-9H2,(H,17,18). The molecule has 1 aromatic carbocycles. The molecule has 0 saturated carbocycles. The van der Waals surface area contributed by atoms with Gasteiger partial charge in [0.2, 0.25) is 0 Å². The van der Waals surface area contributed by atoms with E-state index in [0.717, 1.165) is 27.8 Å². The molecule has 1 heterocycles. The summed E-state index contributed by atoms with van der Waals surface area (Å²) >= 11 is 1.52. The summed E-state index contributed by atoms with van der Waals surface area (Å²) in [4.78, 5) is 11.4. The summed E-state index contributed by atoms with van der Waals surface area (Å²) < 4.78 is 5.62. The number of benzene rings is 1. The predicted molar refractivity (Wildman–Crippen MR) is 77.7 cm³/mol. The van der Waals surface area contributed by atoms with Gasteiger partial charge < -0.3 is 14.9 Å². The minimum absolute atomic E-state index is 0.0183. The van der Waals surface area contributed by atoms with Gasteiger partial charge >= 0.3 is 5.97 Å². The molecule has 0 saturated heterocycles. The number of aliphatic hydroxyl groups is 1. The number of carbonyl (C=O) groups is 1. The zero-order valence-electron chi connectivity index (χ0n) is 10.7. The Morgan fingerprint density at radius 3 is 2.70 bits per heavy atom. The quantitative estimate of drug-likeness (QED) is 0.803. The van der Waals surface area contributed by atoms with Gasteiger partial charge in [0.15, 0.2) is 0 Å². The maximum absolute atomic E-state index is 10.4. The molecule has 2 aromatic rings. The molecular weight excluding hydrogens is 276 g/mol. The van der Waals surface area contributed by atoms with Gasteiger partial charge in [-0.25, -0.2) is 4.79 Å². The van der Waals surface area contributed by atoms with Gasteiger partial charge in [-0.2, -0.15) is 0 Å². The first kappa shape index (κ1) is 14.3. The van der Waals surface area contributed by atoms with Gasteiger partial charge in [0.25, 0.3) is 0 Å². The fourth-order valence-electron chi connectivity index (χ4n) is 1.57. The Morgan fingerprint density at radius 2 is 2.05 bits per heavy atom. The number of rotatable bonds is 6. The molecule has 0 amide bonds. The van der Waals surface area contributed by atoms with Crippen molar-refractivity contribution in [3.05, 3.63) is 57.8 Å². The van der Waals surface area contributed by atoms with Crippen LogP contribution >= 0.6 is 11.3 Å². The van der Waals surface area contributed by atoms with Gasteiger partial charge in [-0.1, -0.05) is 12.1 Å². The maximum Gasteiger partial charge on any atom is 0.328 e. The highest BCUT2D eigenvalue weighted by Crippen LogP contribution is 2.19. The van der Waals surface area contributed by atoms with Gasteiger partial charge in [0.05, 0.1) is 6.61 Å². The number of aliphatic carboxylic acids is 1. The Hall–Kier alpha value is -2.11. The Morgan fingerprint density at radius 1 is 1.30 bits per heavy atom. The Balaban J connectivity index is 1.91. The lowest BCUT2D eigenvalue weighted by atomic mass is 10.2. The van der Waals surface area contributed by atoms with Gasteiger partial charge in [-0.3, -0.25) is 0 Å². The Kier molecular flexibility index (Phi) is 4.92. The molecule has 4 nitrogen and oxygen atoms in total. The van der Waals surface area contributed by atoms with Gasteiger partial charge in [0.1, 0.15) is 12.4 Å². The monoisotopic (exact) mass is 290 g/mol. The third kappa shape index (κ3) is 4.22. The molecular formula is C15H14O4S. The largest absolute Gasteiger partial charge is 0.488 e. The summed E-state index contributed by atoms with van der Waals surface area (Å²) in [6, 6.07) is 9.14. The van der Waals surface area contributed by atoms with E-state index in [1.807, 2.05) is 35.7 Å². The highest BCUT2D eigenvalue weighted by molar-refractivity contribution is 7.10. The van der Waals surface area contributed by atoms with E-state index >= 15 is 0 Å². The van der Waals surface area contributed by atoms with Crippen LogP contribution in [0.5, 0.6) is 5.75 Å². The summed E-state index contributed by atoms with van der Waals surface area (Å²) in [5.74, 6) is -0.226. The number of ether oxygens (including phenoxy) is 1. The fourth-order valence-corrected chi connectivity index (χ4v) is 2.34. The normalized spacial score (nSPS) is 10.8. The van der Waals surface area contributed by atoms with Crippen molar-refractivity contribution in [3.8, 4) is 5.75 Å². The molecule has 0 fully saturated rings. The SMILES string of the molecule is O=C(O)C=Cc1csc(COc2ccc(CO)cc2)c1. The summed E-state index contributed by atoms with van der Waals surface area (Å²) in [6.07, 6.45) is 2.67. The lowest BCUT2D eigenvalue weighted by Crippen LogP contribution is -1.93. The number of carboxylic acid groups (broad SMARTS) is 1. The molecule has 0 aliphatic rings. The van der Waals surface area contributed by atoms with Gasteiger partial charge in [-0.05, 0) is 40.8 Å². The highest BCUT2D eigenvalue weighted by Gasteiger charge is 2.00. The minimum Gasteiger partial charge on any atom is -0.488 e. The van der Waals surface area contributed by atoms with Crippen LogP contribution in [0.2, 0.25) is 0 Å². The van der Waals surface area contributed by atoms with Crippen molar-refractivity contribution in [1.29, 1.82) is 0 Å². The van der Waals surface area contributed by atoms with E-state index < -0.39 is 5.97 Å². The lowest BCUT2D eigenvalue weighted by molar-refractivity contribution is -0.131. The first-order valence-electron chi connectivity index (χ1n) is 5.98. The zero-order chi connectivity index (χ0) is 14.4. The van der Waals surface area contributed by atoms with Crippen LogP contribution in [-0.2, 0) is 18.0 Å². The van der Waals surface area contributed by atoms with Crippen molar-refractivity contribution in [3.63, 3.8) is 0 Å². The predicted octanol–water partition coefficient (Wildman–Crippen LogP) is 2.92. The van der Waals surface area contributed by atoms with E-state index in [1.165, 1.54) is 11.3 Å². The molecule has 20 heavy (non-hydrogen) atoms. The van der Waals surface area contributed by atoms with Crippen molar-refractivity contribution in [2.75, 3.05) is 0 Å². The fraction of sp³-hybridized carbons (Fsp3) is 0.133. The van der Waals surface area contributed by atoms with Crippen molar-refractivity contribution < 1.29 is 19.7 Å². The molecule has 104 valence electrons. The Bertz CT molecular complexity index is 599. The summed E-state index contributed by atoms with van der Waals surface area (Å²) in [6.45, 7) is 0.453. The third-order valence-corrected chi connectivity index (χ3v) is 3.51. The second-order valence-corrected chi connectivity index (χ2v) is 5.10.